The summed E-state index contributed by atoms with van der Waals surface area (Å²) in [6, 6.07) is 12.3. The van der Waals surface area contributed by atoms with Crippen molar-refractivity contribution in [3.63, 3.8) is 0 Å². The van der Waals surface area contributed by atoms with Crippen LogP contribution in [0.4, 0.5) is 0 Å². The van der Waals surface area contributed by atoms with Crippen LogP contribution in [0.15, 0.2) is 42.5 Å². The molecule has 2 rings (SSSR count). The number of carbonyl (C=O) groups is 1. The van der Waals surface area contributed by atoms with E-state index in [0.29, 0.717) is 9.32 Å². The van der Waals surface area contributed by atoms with E-state index in [1.807, 2.05) is 91.1 Å². The molecule has 0 amide bonds. The number of aliphatic hydroxyl groups is 1. The summed E-state index contributed by atoms with van der Waals surface area (Å²) < 4.78 is 11.8. The lowest BCUT2D eigenvalue weighted by Gasteiger charge is -2.13. The third kappa shape index (κ3) is 13.3. The maximum atomic E-state index is 12.0. The highest BCUT2D eigenvalue weighted by Crippen LogP contribution is 2.27. The minimum atomic E-state index is -0.955. The summed E-state index contributed by atoms with van der Waals surface area (Å²) in [7, 11) is 0. The second-order valence-corrected chi connectivity index (χ2v) is 7.78. The van der Waals surface area contributed by atoms with E-state index < -0.39 is 12.1 Å². The molecule has 0 radical (unpaired) electrons. The summed E-state index contributed by atoms with van der Waals surface area (Å²) in [6.07, 6.45) is 0.295. The van der Waals surface area contributed by atoms with Crippen molar-refractivity contribution in [1.29, 1.82) is 0 Å². The van der Waals surface area contributed by atoms with E-state index in [-0.39, 0.29) is 24.5 Å². The van der Waals surface area contributed by atoms with Gasteiger partial charge in [0.1, 0.15) is 36.4 Å². The van der Waals surface area contributed by atoms with Crippen molar-refractivity contribution < 1.29 is 24.5 Å². The first-order valence-corrected chi connectivity index (χ1v) is 12.3. The Kier molecular flexibility index (Phi) is 20.6. The molecule has 2 aromatic carbocycles. The molecule has 7 heteroatoms. The minimum absolute atomic E-state index is 0.00708. The van der Waals surface area contributed by atoms with Gasteiger partial charge in [-0.25, -0.2) is 4.79 Å². The number of rotatable bonds is 6. The first-order chi connectivity index (χ1) is 14.4. The van der Waals surface area contributed by atoms with Crippen LogP contribution in [-0.2, 0) is 4.74 Å². The van der Waals surface area contributed by atoms with Crippen LogP contribution >= 0.6 is 45.2 Å². The van der Waals surface area contributed by atoms with E-state index in [1.165, 1.54) is 12.5 Å². The summed E-state index contributed by atoms with van der Waals surface area (Å²) in [5.74, 6) is -0.175. The number of phenols is 1. The topological polar surface area (TPSA) is 76.0 Å². The van der Waals surface area contributed by atoms with Gasteiger partial charge in [-0.2, -0.15) is 0 Å². The summed E-state index contributed by atoms with van der Waals surface area (Å²) in [5.41, 5.74) is 0.0810. The molecular formula is C23H34I2O5. The predicted molar refractivity (Wildman–Crippen MR) is 140 cm³/mol. The van der Waals surface area contributed by atoms with Gasteiger partial charge >= 0.3 is 5.97 Å². The van der Waals surface area contributed by atoms with E-state index >= 15 is 0 Å². The maximum absolute atomic E-state index is 12.0. The lowest BCUT2D eigenvalue weighted by Crippen LogP contribution is -2.25. The molecule has 5 nitrogen and oxygen atoms in total. The van der Waals surface area contributed by atoms with E-state index in [1.54, 1.807) is 18.2 Å². The lowest BCUT2D eigenvalue weighted by atomic mass is 10.2. The van der Waals surface area contributed by atoms with Crippen molar-refractivity contribution >= 4 is 51.2 Å². The zero-order chi connectivity index (χ0) is 23.5. The zero-order valence-corrected chi connectivity index (χ0v) is 22.9. The molecule has 170 valence electrons. The number of ether oxygens (including phenoxy) is 2. The van der Waals surface area contributed by atoms with Gasteiger partial charge in [0.2, 0.25) is 0 Å². The highest BCUT2D eigenvalue weighted by Gasteiger charge is 2.18. The highest BCUT2D eigenvalue weighted by molar-refractivity contribution is 14.1. The number of hydrogen-bond acceptors (Lipinski definition) is 5. The number of halogens is 2. The molecule has 0 spiro atoms. The summed E-state index contributed by atoms with van der Waals surface area (Å²) in [5, 5.41) is 19.7. The van der Waals surface area contributed by atoms with Gasteiger partial charge < -0.3 is 19.7 Å². The number of aromatic hydroxyl groups is 1. The zero-order valence-electron chi connectivity index (χ0n) is 18.6. The van der Waals surface area contributed by atoms with Gasteiger partial charge in [-0.05, 0) is 69.4 Å². The molecule has 0 fully saturated rings. The molecule has 30 heavy (non-hydrogen) atoms. The first-order valence-electron chi connectivity index (χ1n) is 10.1. The van der Waals surface area contributed by atoms with E-state index in [9.17, 15) is 15.0 Å². The quantitative estimate of drug-likeness (QED) is 0.272. The first kappa shape index (κ1) is 31.1. The smallest absolute Gasteiger partial charge is 0.342 e. The van der Waals surface area contributed by atoms with Crippen LogP contribution in [0.25, 0.3) is 0 Å². The van der Waals surface area contributed by atoms with Crippen molar-refractivity contribution in [2.45, 2.75) is 54.1 Å². The molecule has 2 aromatic rings. The van der Waals surface area contributed by atoms with Crippen molar-refractivity contribution in [1.82, 2.24) is 0 Å². The Labute approximate surface area is 208 Å². The number of aliphatic hydroxyl groups excluding tert-OH is 1. The number of carbonyl (C=O) groups excluding carboxylic acids is 1. The largest absolute Gasteiger partial charge is 0.506 e. The van der Waals surface area contributed by atoms with Crippen LogP contribution in [0, 0.1) is 7.14 Å². The van der Waals surface area contributed by atoms with Gasteiger partial charge in [-0.1, -0.05) is 66.2 Å². The van der Waals surface area contributed by atoms with E-state index in [2.05, 4.69) is 13.8 Å². The Morgan fingerprint density at radius 1 is 1.00 bits per heavy atom. The molecule has 0 aliphatic rings. The number of phenolic OH excluding ortho intramolecular Hbond substituents is 1. The molecular weight excluding hydrogens is 610 g/mol. The molecule has 1 atom stereocenters. The van der Waals surface area contributed by atoms with Crippen LogP contribution in [0.1, 0.15) is 58.3 Å². The summed E-state index contributed by atoms with van der Waals surface area (Å²) in [4.78, 5) is 12.0. The molecule has 0 saturated carbocycles. The molecule has 0 aliphatic heterocycles. The van der Waals surface area contributed by atoms with Crippen molar-refractivity contribution in [3.05, 3.63) is 55.2 Å². The Morgan fingerprint density at radius 2 is 1.53 bits per heavy atom. The van der Waals surface area contributed by atoms with Crippen molar-refractivity contribution in [2.75, 3.05) is 13.2 Å². The normalized spacial score (nSPS) is 10.0. The highest BCUT2D eigenvalue weighted by atomic mass is 127. The molecule has 0 saturated heterocycles. The van der Waals surface area contributed by atoms with Gasteiger partial charge in [-0.3, -0.25) is 0 Å². The van der Waals surface area contributed by atoms with Crippen LogP contribution in [0.5, 0.6) is 11.5 Å². The summed E-state index contributed by atoms with van der Waals surface area (Å²) in [6.45, 7) is 12.0. The fourth-order valence-corrected chi connectivity index (χ4v) is 3.57. The Bertz CT molecular complexity index is 693. The lowest BCUT2D eigenvalue weighted by molar-refractivity contribution is 0.0128. The van der Waals surface area contributed by atoms with Gasteiger partial charge in [0.25, 0.3) is 0 Å². The number of esters is 1. The Balaban J connectivity index is 0. The van der Waals surface area contributed by atoms with Crippen LogP contribution < -0.4 is 4.74 Å². The Hall–Kier alpha value is -1.07. The fraction of sp³-hybridized carbons (Fsp3) is 0.435. The standard InChI is InChI=1S/C16H14I2O5.C3H8.2C2H6/c17-10-6-13(15(20)14(18)7-10)16(21)23-9-11(19)8-22-12-4-2-1-3-5-12;1-3-2;2*1-2/h1-7,11,19-20H,8-9H2;3H2,1-2H3;2*1-2H3. The molecule has 2 N–H and O–H groups in total. The van der Waals surface area contributed by atoms with Gasteiger partial charge in [0, 0.05) is 3.57 Å². The van der Waals surface area contributed by atoms with E-state index in [0.717, 1.165) is 3.57 Å². The third-order valence-electron chi connectivity index (χ3n) is 2.84. The molecule has 0 heterocycles. The number of hydrogen-bond donors (Lipinski definition) is 2. The summed E-state index contributed by atoms with van der Waals surface area (Å²) >= 11 is 3.99. The number of para-hydroxylation sites is 1. The van der Waals surface area contributed by atoms with Crippen LogP contribution in [0.3, 0.4) is 0 Å². The second kappa shape index (κ2) is 19.9. The average molecular weight is 644 g/mol. The predicted octanol–water partition coefficient (Wildman–Crippen LogP) is 6.67. The Morgan fingerprint density at radius 3 is 2.07 bits per heavy atom. The molecule has 1 unspecified atom stereocenters. The van der Waals surface area contributed by atoms with Crippen LogP contribution in [-0.4, -0.2) is 35.5 Å². The molecule has 0 bridgehead atoms. The SMILES string of the molecule is CC.CC.CCC.O=C(OCC(O)COc1ccccc1)c1cc(I)cc(I)c1O. The van der Waals surface area contributed by atoms with Gasteiger partial charge in [-0.15, -0.1) is 0 Å². The van der Waals surface area contributed by atoms with Crippen molar-refractivity contribution in [3.8, 4) is 11.5 Å². The minimum Gasteiger partial charge on any atom is -0.506 e. The van der Waals surface area contributed by atoms with Crippen molar-refractivity contribution in [2.24, 2.45) is 0 Å². The third-order valence-corrected chi connectivity index (χ3v) is 4.29. The second-order valence-electron chi connectivity index (χ2n) is 5.37. The van der Waals surface area contributed by atoms with Crippen LogP contribution in [0.2, 0.25) is 0 Å². The molecule has 0 aliphatic carbocycles. The van der Waals surface area contributed by atoms with Gasteiger partial charge in [0.05, 0.1) is 3.57 Å². The fourth-order valence-electron chi connectivity index (χ4n) is 1.73. The average Bonchev–Trinajstić information content (AvgIpc) is 2.77. The van der Waals surface area contributed by atoms with E-state index in [4.69, 9.17) is 9.47 Å². The maximum Gasteiger partial charge on any atom is 0.342 e. The molecule has 0 aromatic heterocycles. The van der Waals surface area contributed by atoms with Gasteiger partial charge in [0.15, 0.2) is 0 Å². The number of benzene rings is 2. The monoisotopic (exact) mass is 644 g/mol.